The minimum absolute atomic E-state index is 0.0328. The molecule has 0 spiro atoms. The van der Waals surface area contributed by atoms with Gasteiger partial charge in [-0.1, -0.05) is 26.8 Å². The first-order valence-electron chi connectivity index (χ1n) is 6.46. The summed E-state index contributed by atoms with van der Waals surface area (Å²) in [6, 6.07) is 3.10. The maximum Gasteiger partial charge on any atom is 0.407 e. The van der Waals surface area contributed by atoms with E-state index in [9.17, 15) is 24.4 Å². The van der Waals surface area contributed by atoms with Gasteiger partial charge in [-0.15, -0.1) is 0 Å². The number of nitrogens with zero attached hydrogens (tertiary/aromatic N) is 2. The van der Waals surface area contributed by atoms with Crippen molar-refractivity contribution in [3.8, 4) is 0 Å². The van der Waals surface area contributed by atoms with Gasteiger partial charge in [-0.25, -0.2) is 4.79 Å². The Kier molecular flexibility index (Phi) is 4.88. The van der Waals surface area contributed by atoms with E-state index in [1.165, 1.54) is 11.0 Å². The Balaban J connectivity index is 3.08. The van der Waals surface area contributed by atoms with Crippen molar-refractivity contribution in [3.05, 3.63) is 39.7 Å². The monoisotopic (exact) mass is 298 g/mol. The number of nitro benzene ring substituents is 1. The van der Waals surface area contributed by atoms with Gasteiger partial charge in [0.1, 0.15) is 0 Å². The van der Waals surface area contributed by atoms with Crippen molar-refractivity contribution in [1.29, 1.82) is 0 Å². The summed E-state index contributed by atoms with van der Waals surface area (Å²) in [5.41, 5.74) is -0.562. The molecular formula is C14H19FN2O4. The second kappa shape index (κ2) is 6.07. The Morgan fingerprint density at radius 1 is 1.48 bits per heavy atom. The summed E-state index contributed by atoms with van der Waals surface area (Å²) >= 11 is 0. The van der Waals surface area contributed by atoms with E-state index in [0.717, 1.165) is 12.1 Å². The van der Waals surface area contributed by atoms with Crippen LogP contribution in [-0.4, -0.2) is 27.1 Å². The highest BCUT2D eigenvalue weighted by Gasteiger charge is 2.30. The molecule has 1 aromatic rings. The Morgan fingerprint density at radius 3 is 2.48 bits per heavy atom. The summed E-state index contributed by atoms with van der Waals surface area (Å²) in [5, 5.41) is 20.0. The highest BCUT2D eigenvalue weighted by Crippen LogP contribution is 2.26. The Bertz CT molecular complexity index is 554. The average Bonchev–Trinajstić information content (AvgIpc) is 2.35. The van der Waals surface area contributed by atoms with Crippen LogP contribution in [0.5, 0.6) is 0 Å². The summed E-state index contributed by atoms with van der Waals surface area (Å²) in [4.78, 5) is 22.5. The normalized spacial score (nSPS) is 12.8. The summed E-state index contributed by atoms with van der Waals surface area (Å²) in [5.74, 6) is -0.936. The molecule has 1 rings (SSSR count). The predicted octanol–water partition coefficient (Wildman–Crippen LogP) is 3.65. The first kappa shape index (κ1) is 16.9. The van der Waals surface area contributed by atoms with Crippen LogP contribution >= 0.6 is 0 Å². The van der Waals surface area contributed by atoms with E-state index < -0.39 is 22.5 Å². The van der Waals surface area contributed by atoms with Crippen LogP contribution in [0.2, 0.25) is 0 Å². The van der Waals surface area contributed by atoms with Crippen molar-refractivity contribution in [3.63, 3.8) is 0 Å². The lowest BCUT2D eigenvalue weighted by Crippen LogP contribution is -2.44. The molecule has 1 amide bonds. The van der Waals surface area contributed by atoms with Crippen molar-refractivity contribution in [2.75, 3.05) is 0 Å². The number of hydrogen-bond donors (Lipinski definition) is 1. The van der Waals surface area contributed by atoms with E-state index in [0.29, 0.717) is 5.56 Å². The van der Waals surface area contributed by atoms with Gasteiger partial charge >= 0.3 is 11.8 Å². The molecule has 6 nitrogen and oxygen atoms in total. The molecule has 1 unspecified atom stereocenters. The van der Waals surface area contributed by atoms with Crippen molar-refractivity contribution in [2.24, 2.45) is 5.41 Å². The predicted molar refractivity (Wildman–Crippen MR) is 75.5 cm³/mol. The van der Waals surface area contributed by atoms with Gasteiger partial charge in [0.15, 0.2) is 0 Å². The lowest BCUT2D eigenvalue weighted by atomic mass is 9.87. The highest BCUT2D eigenvalue weighted by atomic mass is 19.1. The first-order chi connectivity index (χ1) is 9.54. The largest absolute Gasteiger partial charge is 0.465 e. The van der Waals surface area contributed by atoms with Gasteiger partial charge in [-0.3, -0.25) is 10.1 Å². The SMILES string of the molecule is CC(N(Cc1ccc(F)c([N+](=O)[O-])c1)C(=O)O)C(C)(C)C. The van der Waals surface area contributed by atoms with E-state index in [1.807, 2.05) is 20.8 Å². The van der Waals surface area contributed by atoms with Gasteiger partial charge in [-0.2, -0.15) is 4.39 Å². The number of benzene rings is 1. The van der Waals surface area contributed by atoms with E-state index in [-0.39, 0.29) is 18.0 Å². The molecule has 116 valence electrons. The standard InChI is InChI=1S/C14H19FN2O4/c1-9(14(2,3)4)16(13(18)19)8-10-5-6-11(15)12(7-10)17(20)21/h5-7,9H,8H2,1-4H3,(H,18,19). The van der Waals surface area contributed by atoms with E-state index in [2.05, 4.69) is 0 Å². The van der Waals surface area contributed by atoms with Crippen LogP contribution in [0, 0.1) is 21.3 Å². The zero-order valence-corrected chi connectivity index (χ0v) is 12.5. The zero-order valence-electron chi connectivity index (χ0n) is 12.5. The molecule has 0 fully saturated rings. The van der Waals surface area contributed by atoms with Gasteiger partial charge < -0.3 is 10.0 Å². The number of amides is 1. The van der Waals surface area contributed by atoms with E-state index in [1.54, 1.807) is 6.92 Å². The molecule has 0 radical (unpaired) electrons. The Hall–Kier alpha value is -2.18. The van der Waals surface area contributed by atoms with Crippen LogP contribution < -0.4 is 0 Å². The molecule has 1 atom stereocenters. The fourth-order valence-corrected chi connectivity index (χ4v) is 1.83. The smallest absolute Gasteiger partial charge is 0.407 e. The van der Waals surface area contributed by atoms with Gasteiger partial charge in [-0.05, 0) is 24.0 Å². The third-order valence-electron chi connectivity index (χ3n) is 3.53. The van der Waals surface area contributed by atoms with Crippen LogP contribution in [0.25, 0.3) is 0 Å². The van der Waals surface area contributed by atoms with Crippen LogP contribution in [0.1, 0.15) is 33.3 Å². The highest BCUT2D eigenvalue weighted by molar-refractivity contribution is 5.65. The number of rotatable bonds is 4. The molecule has 21 heavy (non-hydrogen) atoms. The van der Waals surface area contributed by atoms with Gasteiger partial charge in [0.25, 0.3) is 0 Å². The zero-order chi connectivity index (χ0) is 16.4. The van der Waals surface area contributed by atoms with Crippen LogP contribution in [0.3, 0.4) is 0 Å². The molecule has 1 aromatic carbocycles. The molecule has 7 heteroatoms. The van der Waals surface area contributed by atoms with Crippen LogP contribution in [0.15, 0.2) is 18.2 Å². The summed E-state index contributed by atoms with van der Waals surface area (Å²) in [6.07, 6.45) is -1.12. The summed E-state index contributed by atoms with van der Waals surface area (Å²) < 4.78 is 13.3. The summed E-state index contributed by atoms with van der Waals surface area (Å²) in [7, 11) is 0. The number of carboxylic acid groups (broad SMARTS) is 1. The fourth-order valence-electron chi connectivity index (χ4n) is 1.83. The van der Waals surface area contributed by atoms with Gasteiger partial charge in [0.2, 0.25) is 5.82 Å². The fraction of sp³-hybridized carbons (Fsp3) is 0.500. The van der Waals surface area contributed by atoms with Crippen molar-refractivity contribution >= 4 is 11.8 Å². The molecular weight excluding hydrogens is 279 g/mol. The molecule has 0 aliphatic heterocycles. The van der Waals surface area contributed by atoms with Crippen molar-refractivity contribution in [2.45, 2.75) is 40.3 Å². The Morgan fingerprint density at radius 2 is 2.05 bits per heavy atom. The number of nitro groups is 1. The second-order valence-electron chi connectivity index (χ2n) is 6.00. The Labute approximate surface area is 122 Å². The minimum Gasteiger partial charge on any atom is -0.465 e. The van der Waals surface area contributed by atoms with Crippen molar-refractivity contribution in [1.82, 2.24) is 4.90 Å². The van der Waals surface area contributed by atoms with E-state index >= 15 is 0 Å². The lowest BCUT2D eigenvalue weighted by Gasteiger charge is -2.36. The maximum atomic E-state index is 13.3. The second-order valence-corrected chi connectivity index (χ2v) is 6.00. The van der Waals surface area contributed by atoms with Gasteiger partial charge in [0.05, 0.1) is 4.92 Å². The topological polar surface area (TPSA) is 83.7 Å². The van der Waals surface area contributed by atoms with E-state index in [4.69, 9.17) is 0 Å². The minimum atomic E-state index is -1.12. The molecule has 0 heterocycles. The van der Waals surface area contributed by atoms with Crippen molar-refractivity contribution < 1.29 is 19.2 Å². The molecule has 0 saturated heterocycles. The van der Waals surface area contributed by atoms with Crippen LogP contribution in [0.4, 0.5) is 14.9 Å². The van der Waals surface area contributed by atoms with Gasteiger partial charge in [0, 0.05) is 18.7 Å². The lowest BCUT2D eigenvalue weighted by molar-refractivity contribution is -0.387. The molecule has 0 aliphatic rings. The number of halogens is 1. The molecule has 1 N–H and O–H groups in total. The number of carbonyl (C=O) groups is 1. The summed E-state index contributed by atoms with van der Waals surface area (Å²) in [6.45, 7) is 7.45. The maximum absolute atomic E-state index is 13.3. The molecule has 0 bridgehead atoms. The third kappa shape index (κ3) is 4.14. The molecule has 0 saturated carbocycles. The number of hydrogen-bond acceptors (Lipinski definition) is 3. The first-order valence-corrected chi connectivity index (χ1v) is 6.46. The molecule has 0 aliphatic carbocycles. The average molecular weight is 298 g/mol. The quantitative estimate of drug-likeness (QED) is 0.679. The van der Waals surface area contributed by atoms with Crippen LogP contribution in [-0.2, 0) is 6.54 Å². The molecule has 0 aromatic heterocycles. The third-order valence-corrected chi connectivity index (χ3v) is 3.53.